The van der Waals surface area contributed by atoms with Gasteiger partial charge in [0.2, 0.25) is 0 Å². The van der Waals surface area contributed by atoms with E-state index in [-0.39, 0.29) is 18.1 Å². The molecule has 0 aliphatic rings. The smallest absolute Gasteiger partial charge is 0.365 e. The van der Waals surface area contributed by atoms with Crippen molar-refractivity contribution in [3.05, 3.63) is 63.8 Å². The zero-order valence-corrected chi connectivity index (χ0v) is 10.6. The molecule has 110 valence electrons. The fraction of sp³-hybridized carbons (Fsp3) is 0.154. The second kappa shape index (κ2) is 5.78. The van der Waals surface area contributed by atoms with Gasteiger partial charge in [-0.1, -0.05) is 12.1 Å². The third kappa shape index (κ3) is 3.68. The Hall–Kier alpha value is -2.64. The summed E-state index contributed by atoms with van der Waals surface area (Å²) < 4.78 is 38.3. The lowest BCUT2D eigenvalue weighted by atomic mass is 10.2. The minimum atomic E-state index is -4.51. The van der Waals surface area contributed by atoms with Crippen LogP contribution in [0.3, 0.4) is 0 Å². The molecule has 1 heterocycles. The summed E-state index contributed by atoms with van der Waals surface area (Å²) in [6.45, 7) is 0.00176. The van der Waals surface area contributed by atoms with E-state index in [2.05, 4.69) is 10.3 Å². The monoisotopic (exact) mass is 297 g/mol. The van der Waals surface area contributed by atoms with Crippen LogP contribution in [0.4, 0.5) is 24.7 Å². The van der Waals surface area contributed by atoms with Crippen molar-refractivity contribution in [3.63, 3.8) is 0 Å². The topological polar surface area (TPSA) is 68.1 Å². The van der Waals surface area contributed by atoms with E-state index >= 15 is 0 Å². The normalized spacial score (nSPS) is 11.2. The highest BCUT2D eigenvalue weighted by atomic mass is 19.4. The number of alkyl halides is 3. The first-order valence-corrected chi connectivity index (χ1v) is 5.87. The van der Waals surface area contributed by atoms with Gasteiger partial charge in [-0.15, -0.1) is 0 Å². The Morgan fingerprint density at radius 2 is 2.00 bits per heavy atom. The first-order chi connectivity index (χ1) is 9.88. The van der Waals surface area contributed by atoms with Crippen molar-refractivity contribution in [2.75, 3.05) is 5.32 Å². The Morgan fingerprint density at radius 1 is 1.24 bits per heavy atom. The van der Waals surface area contributed by atoms with E-state index in [1.807, 2.05) is 0 Å². The van der Waals surface area contributed by atoms with Gasteiger partial charge in [-0.25, -0.2) is 4.98 Å². The van der Waals surface area contributed by atoms with Gasteiger partial charge in [-0.3, -0.25) is 10.1 Å². The number of non-ortho nitro benzene ring substituents is 1. The van der Waals surface area contributed by atoms with Crippen molar-refractivity contribution in [3.8, 4) is 0 Å². The van der Waals surface area contributed by atoms with Crippen LogP contribution in [0.25, 0.3) is 0 Å². The number of benzene rings is 1. The van der Waals surface area contributed by atoms with Crippen LogP contribution in [0.15, 0.2) is 42.6 Å². The summed E-state index contributed by atoms with van der Waals surface area (Å²) in [6, 6.07) is 7.77. The predicted molar refractivity (Wildman–Crippen MR) is 69.7 cm³/mol. The zero-order chi connectivity index (χ0) is 15.5. The molecule has 0 radical (unpaired) electrons. The third-order valence-electron chi connectivity index (χ3n) is 2.69. The van der Waals surface area contributed by atoms with Crippen LogP contribution in [0, 0.1) is 10.1 Å². The molecule has 0 spiro atoms. The molecule has 0 atom stereocenters. The van der Waals surface area contributed by atoms with E-state index < -0.39 is 16.7 Å². The molecule has 0 fully saturated rings. The molecule has 0 amide bonds. The number of nitrogens with one attached hydrogen (secondary N) is 1. The second-order valence-corrected chi connectivity index (χ2v) is 4.18. The molecule has 5 nitrogen and oxygen atoms in total. The highest BCUT2D eigenvalue weighted by molar-refractivity contribution is 5.46. The lowest BCUT2D eigenvalue weighted by Gasteiger charge is -2.13. The molecule has 2 rings (SSSR count). The van der Waals surface area contributed by atoms with Crippen molar-refractivity contribution in [1.29, 1.82) is 0 Å². The molecule has 2 aromatic rings. The summed E-state index contributed by atoms with van der Waals surface area (Å²) in [5.41, 5.74) is -0.509. The Bertz CT molecular complexity index is 659. The van der Waals surface area contributed by atoms with Crippen LogP contribution >= 0.6 is 0 Å². The molecule has 0 bridgehead atoms. The molecule has 8 heteroatoms. The summed E-state index contributed by atoms with van der Waals surface area (Å²) in [4.78, 5) is 13.7. The molecule has 0 saturated heterocycles. The van der Waals surface area contributed by atoms with Crippen LogP contribution in [0.2, 0.25) is 0 Å². The molecule has 0 saturated carbocycles. The fourth-order valence-electron chi connectivity index (χ4n) is 1.74. The van der Waals surface area contributed by atoms with Gasteiger partial charge in [0.05, 0.1) is 10.5 Å². The maximum absolute atomic E-state index is 12.8. The summed E-state index contributed by atoms with van der Waals surface area (Å²) in [5, 5.41) is 13.2. The van der Waals surface area contributed by atoms with Crippen molar-refractivity contribution >= 4 is 11.5 Å². The molecule has 0 unspecified atom stereocenters. The highest BCUT2D eigenvalue weighted by Gasteiger charge is 2.33. The minimum absolute atomic E-state index is 0.00176. The third-order valence-corrected chi connectivity index (χ3v) is 2.69. The number of hydrogen-bond acceptors (Lipinski definition) is 4. The van der Waals surface area contributed by atoms with Crippen LogP contribution in [-0.4, -0.2) is 9.91 Å². The van der Waals surface area contributed by atoms with Gasteiger partial charge in [0.15, 0.2) is 0 Å². The lowest BCUT2D eigenvalue weighted by Crippen LogP contribution is -2.12. The summed E-state index contributed by atoms with van der Waals surface area (Å²) in [6.07, 6.45) is -3.27. The van der Waals surface area contributed by atoms with Gasteiger partial charge in [-0.2, -0.15) is 13.2 Å². The highest BCUT2D eigenvalue weighted by Crippen LogP contribution is 2.33. The predicted octanol–water partition coefficient (Wildman–Crippen LogP) is 3.62. The van der Waals surface area contributed by atoms with E-state index in [1.54, 1.807) is 6.07 Å². The van der Waals surface area contributed by atoms with Crippen LogP contribution in [0.5, 0.6) is 0 Å². The summed E-state index contributed by atoms with van der Waals surface area (Å²) in [7, 11) is 0. The SMILES string of the molecule is O=[N+]([O-])c1cccc(CNc2ncccc2C(F)(F)F)c1. The van der Waals surface area contributed by atoms with Gasteiger partial charge >= 0.3 is 6.18 Å². The Kier molecular flexibility index (Phi) is 4.06. The van der Waals surface area contributed by atoms with Gasteiger partial charge in [0.1, 0.15) is 5.82 Å². The number of rotatable bonds is 4. The Labute approximate surface area is 117 Å². The van der Waals surface area contributed by atoms with Crippen molar-refractivity contribution in [1.82, 2.24) is 4.98 Å². The Balaban J connectivity index is 2.17. The van der Waals surface area contributed by atoms with Crippen molar-refractivity contribution in [2.45, 2.75) is 12.7 Å². The molecule has 1 N–H and O–H groups in total. The first-order valence-electron chi connectivity index (χ1n) is 5.87. The van der Waals surface area contributed by atoms with Crippen LogP contribution in [0.1, 0.15) is 11.1 Å². The molecule has 1 aromatic carbocycles. The van der Waals surface area contributed by atoms with Gasteiger partial charge < -0.3 is 5.32 Å². The summed E-state index contributed by atoms with van der Waals surface area (Å²) in [5.74, 6) is -0.309. The first kappa shape index (κ1) is 14.8. The number of aromatic nitrogens is 1. The molecule has 0 aliphatic heterocycles. The minimum Gasteiger partial charge on any atom is -0.365 e. The van der Waals surface area contributed by atoms with Gasteiger partial charge in [0, 0.05) is 24.9 Å². The number of pyridine rings is 1. The molecule has 21 heavy (non-hydrogen) atoms. The maximum Gasteiger partial charge on any atom is 0.419 e. The van der Waals surface area contributed by atoms with E-state index in [1.165, 1.54) is 30.5 Å². The summed E-state index contributed by atoms with van der Waals surface area (Å²) >= 11 is 0. The quantitative estimate of drug-likeness (QED) is 0.691. The van der Waals surface area contributed by atoms with Gasteiger partial charge in [-0.05, 0) is 17.7 Å². The largest absolute Gasteiger partial charge is 0.419 e. The van der Waals surface area contributed by atoms with Crippen molar-refractivity contribution < 1.29 is 18.1 Å². The number of hydrogen-bond donors (Lipinski definition) is 1. The standard InChI is InChI=1S/C13H10F3N3O2/c14-13(15,16)11-5-2-6-17-12(11)18-8-9-3-1-4-10(7-9)19(20)21/h1-7H,8H2,(H,17,18). The van der Waals surface area contributed by atoms with E-state index in [4.69, 9.17) is 0 Å². The zero-order valence-electron chi connectivity index (χ0n) is 10.6. The van der Waals surface area contributed by atoms with E-state index in [0.29, 0.717) is 5.56 Å². The average molecular weight is 297 g/mol. The lowest BCUT2D eigenvalue weighted by molar-refractivity contribution is -0.384. The maximum atomic E-state index is 12.8. The average Bonchev–Trinajstić information content (AvgIpc) is 2.45. The fourth-order valence-corrected chi connectivity index (χ4v) is 1.74. The van der Waals surface area contributed by atoms with E-state index in [0.717, 1.165) is 6.07 Å². The van der Waals surface area contributed by atoms with Crippen LogP contribution < -0.4 is 5.32 Å². The molecular weight excluding hydrogens is 287 g/mol. The van der Waals surface area contributed by atoms with Crippen molar-refractivity contribution in [2.24, 2.45) is 0 Å². The Morgan fingerprint density at radius 3 is 2.67 bits per heavy atom. The molecular formula is C13H10F3N3O2. The van der Waals surface area contributed by atoms with E-state index in [9.17, 15) is 23.3 Å². The number of nitrogens with zero attached hydrogens (tertiary/aromatic N) is 2. The number of halogens is 3. The number of nitro benzene ring substituents is 1. The second-order valence-electron chi connectivity index (χ2n) is 4.18. The molecule has 0 aliphatic carbocycles. The van der Waals surface area contributed by atoms with Gasteiger partial charge in [0.25, 0.3) is 5.69 Å². The molecule has 1 aromatic heterocycles. The van der Waals surface area contributed by atoms with Crippen LogP contribution in [-0.2, 0) is 12.7 Å². The number of nitro groups is 1. The number of anilines is 1.